The summed E-state index contributed by atoms with van der Waals surface area (Å²) in [6.07, 6.45) is 1.20. The van der Waals surface area contributed by atoms with E-state index in [0.717, 1.165) is 37.1 Å². The molecule has 5 nitrogen and oxygen atoms in total. The van der Waals surface area contributed by atoms with Gasteiger partial charge in [0, 0.05) is 37.4 Å². The monoisotopic (exact) mass is 249 g/mol. The standard InChI is InChI=1S/C13H23N5/c1-5-14-13-15-10(2)8-12(16-13)18-7-6-11(9-18)17(3)4/h8,11H,5-7,9H2,1-4H3,(H,14,15,16). The van der Waals surface area contributed by atoms with Crippen LogP contribution in [0, 0.1) is 6.92 Å². The van der Waals surface area contributed by atoms with Gasteiger partial charge < -0.3 is 15.1 Å². The van der Waals surface area contributed by atoms with Gasteiger partial charge in [-0.3, -0.25) is 0 Å². The highest BCUT2D eigenvalue weighted by atomic mass is 15.3. The SMILES string of the molecule is CCNc1nc(C)cc(N2CCC(N(C)C)C2)n1. The summed E-state index contributed by atoms with van der Waals surface area (Å²) in [6, 6.07) is 2.70. The normalized spacial score (nSPS) is 19.6. The summed E-state index contributed by atoms with van der Waals surface area (Å²) < 4.78 is 0. The van der Waals surface area contributed by atoms with Crippen LogP contribution in [-0.2, 0) is 0 Å². The first-order chi connectivity index (χ1) is 8.60. The number of hydrogen-bond donors (Lipinski definition) is 1. The minimum atomic E-state index is 0.628. The van der Waals surface area contributed by atoms with Gasteiger partial charge in [0.05, 0.1) is 0 Å². The molecule has 0 bridgehead atoms. The maximum atomic E-state index is 4.58. The van der Waals surface area contributed by atoms with Crippen molar-refractivity contribution in [3.63, 3.8) is 0 Å². The molecule has 100 valence electrons. The smallest absolute Gasteiger partial charge is 0.224 e. The van der Waals surface area contributed by atoms with Crippen molar-refractivity contribution < 1.29 is 0 Å². The molecular weight excluding hydrogens is 226 g/mol. The Hall–Kier alpha value is -1.36. The first-order valence-electron chi connectivity index (χ1n) is 6.61. The molecule has 1 saturated heterocycles. The van der Waals surface area contributed by atoms with Gasteiger partial charge >= 0.3 is 0 Å². The Morgan fingerprint density at radius 1 is 1.44 bits per heavy atom. The van der Waals surface area contributed by atoms with Gasteiger partial charge in [-0.05, 0) is 34.4 Å². The van der Waals surface area contributed by atoms with Crippen LogP contribution in [0.2, 0.25) is 0 Å². The number of nitrogens with one attached hydrogen (secondary N) is 1. The lowest BCUT2D eigenvalue weighted by molar-refractivity contribution is 0.315. The predicted molar refractivity (Wildman–Crippen MR) is 75.2 cm³/mol. The van der Waals surface area contributed by atoms with E-state index in [1.165, 1.54) is 6.42 Å². The lowest BCUT2D eigenvalue weighted by Gasteiger charge is -2.21. The van der Waals surface area contributed by atoms with E-state index in [-0.39, 0.29) is 0 Å². The lowest BCUT2D eigenvalue weighted by atomic mass is 10.2. The summed E-state index contributed by atoms with van der Waals surface area (Å²) in [4.78, 5) is 13.6. The van der Waals surface area contributed by atoms with Crippen LogP contribution in [0.5, 0.6) is 0 Å². The van der Waals surface area contributed by atoms with Crippen molar-refractivity contribution in [3.8, 4) is 0 Å². The minimum Gasteiger partial charge on any atom is -0.355 e. The van der Waals surface area contributed by atoms with Crippen LogP contribution in [0.4, 0.5) is 11.8 Å². The van der Waals surface area contributed by atoms with E-state index in [4.69, 9.17) is 0 Å². The van der Waals surface area contributed by atoms with Gasteiger partial charge in [-0.25, -0.2) is 4.98 Å². The summed E-state index contributed by atoms with van der Waals surface area (Å²) in [6.45, 7) is 7.05. The Morgan fingerprint density at radius 2 is 2.22 bits per heavy atom. The number of hydrogen-bond acceptors (Lipinski definition) is 5. The molecule has 1 aromatic rings. The first kappa shape index (κ1) is 13.1. The van der Waals surface area contributed by atoms with E-state index in [1.54, 1.807) is 0 Å². The third-order valence-corrected chi connectivity index (χ3v) is 3.39. The summed E-state index contributed by atoms with van der Waals surface area (Å²) in [5.74, 6) is 1.78. The molecule has 0 radical (unpaired) electrons. The van der Waals surface area contributed by atoms with E-state index in [2.05, 4.69) is 52.2 Å². The van der Waals surface area contributed by atoms with Crippen molar-refractivity contribution in [3.05, 3.63) is 11.8 Å². The minimum absolute atomic E-state index is 0.628. The van der Waals surface area contributed by atoms with Crippen molar-refractivity contribution in [1.82, 2.24) is 14.9 Å². The molecule has 1 aliphatic heterocycles. The van der Waals surface area contributed by atoms with Crippen LogP contribution in [0.3, 0.4) is 0 Å². The van der Waals surface area contributed by atoms with Gasteiger partial charge in [0.1, 0.15) is 5.82 Å². The molecule has 1 fully saturated rings. The highest BCUT2D eigenvalue weighted by Gasteiger charge is 2.25. The average Bonchev–Trinajstić information content (AvgIpc) is 2.78. The number of rotatable bonds is 4. The highest BCUT2D eigenvalue weighted by molar-refractivity contribution is 5.45. The van der Waals surface area contributed by atoms with Crippen LogP contribution in [0.25, 0.3) is 0 Å². The molecule has 0 aliphatic carbocycles. The molecule has 1 N–H and O–H groups in total. The fourth-order valence-corrected chi connectivity index (χ4v) is 2.32. The summed E-state index contributed by atoms with van der Waals surface area (Å²) >= 11 is 0. The van der Waals surface area contributed by atoms with Crippen molar-refractivity contribution in [2.45, 2.75) is 26.3 Å². The number of likely N-dealkylation sites (N-methyl/N-ethyl adjacent to an activating group) is 1. The maximum absolute atomic E-state index is 4.58. The summed E-state index contributed by atoms with van der Waals surface area (Å²) in [7, 11) is 4.28. The highest BCUT2D eigenvalue weighted by Crippen LogP contribution is 2.21. The zero-order valence-electron chi connectivity index (χ0n) is 11.8. The van der Waals surface area contributed by atoms with Crippen LogP contribution in [-0.4, -0.2) is 54.6 Å². The third kappa shape index (κ3) is 2.90. The van der Waals surface area contributed by atoms with E-state index in [9.17, 15) is 0 Å². The van der Waals surface area contributed by atoms with Crippen LogP contribution < -0.4 is 10.2 Å². The molecule has 0 amide bonds. The molecule has 5 heteroatoms. The van der Waals surface area contributed by atoms with Crippen molar-refractivity contribution in [1.29, 1.82) is 0 Å². The number of nitrogens with zero attached hydrogens (tertiary/aromatic N) is 4. The van der Waals surface area contributed by atoms with Gasteiger partial charge in [0.2, 0.25) is 5.95 Å². The largest absolute Gasteiger partial charge is 0.355 e. The van der Waals surface area contributed by atoms with Gasteiger partial charge in [0.15, 0.2) is 0 Å². The Morgan fingerprint density at radius 3 is 2.83 bits per heavy atom. The second-order valence-corrected chi connectivity index (χ2v) is 5.07. The van der Waals surface area contributed by atoms with Crippen molar-refractivity contribution >= 4 is 11.8 Å². The molecule has 1 unspecified atom stereocenters. The first-order valence-corrected chi connectivity index (χ1v) is 6.61. The van der Waals surface area contributed by atoms with Gasteiger partial charge in [-0.1, -0.05) is 0 Å². The van der Waals surface area contributed by atoms with Gasteiger partial charge in [0.25, 0.3) is 0 Å². The fourth-order valence-electron chi connectivity index (χ4n) is 2.32. The molecule has 1 aromatic heterocycles. The Bertz CT molecular complexity index is 404. The predicted octanol–water partition coefficient (Wildman–Crippen LogP) is 1.36. The second kappa shape index (κ2) is 5.52. The number of anilines is 2. The molecule has 0 spiro atoms. The second-order valence-electron chi connectivity index (χ2n) is 5.07. The molecule has 2 heterocycles. The van der Waals surface area contributed by atoms with E-state index in [0.29, 0.717) is 6.04 Å². The van der Waals surface area contributed by atoms with Crippen LogP contribution in [0.15, 0.2) is 6.07 Å². The van der Waals surface area contributed by atoms with Crippen LogP contribution in [0.1, 0.15) is 19.0 Å². The quantitative estimate of drug-likeness (QED) is 0.873. The Kier molecular flexibility index (Phi) is 4.01. The molecule has 1 aliphatic rings. The summed E-state index contributed by atoms with van der Waals surface area (Å²) in [5.41, 5.74) is 1.02. The Balaban J connectivity index is 2.13. The van der Waals surface area contributed by atoms with Gasteiger partial charge in [-0.2, -0.15) is 4.98 Å². The summed E-state index contributed by atoms with van der Waals surface area (Å²) in [5, 5.41) is 3.19. The molecular formula is C13H23N5. The number of aromatic nitrogens is 2. The number of aryl methyl sites for hydroxylation is 1. The van der Waals surface area contributed by atoms with E-state index >= 15 is 0 Å². The molecule has 18 heavy (non-hydrogen) atoms. The van der Waals surface area contributed by atoms with E-state index < -0.39 is 0 Å². The zero-order chi connectivity index (χ0) is 13.1. The van der Waals surface area contributed by atoms with E-state index in [1.807, 2.05) is 6.92 Å². The average molecular weight is 249 g/mol. The lowest BCUT2D eigenvalue weighted by Crippen LogP contribution is -2.31. The molecule has 1 atom stereocenters. The maximum Gasteiger partial charge on any atom is 0.224 e. The topological polar surface area (TPSA) is 44.3 Å². The van der Waals surface area contributed by atoms with Crippen molar-refractivity contribution in [2.75, 3.05) is 43.9 Å². The zero-order valence-corrected chi connectivity index (χ0v) is 11.8. The Labute approximate surface area is 109 Å². The fraction of sp³-hybridized carbons (Fsp3) is 0.692. The third-order valence-electron chi connectivity index (χ3n) is 3.39. The molecule has 2 rings (SSSR count). The molecule has 0 aromatic carbocycles. The molecule has 0 saturated carbocycles. The van der Waals surface area contributed by atoms with Gasteiger partial charge in [-0.15, -0.1) is 0 Å². The van der Waals surface area contributed by atoms with Crippen LogP contribution >= 0.6 is 0 Å². The van der Waals surface area contributed by atoms with Crippen molar-refractivity contribution in [2.24, 2.45) is 0 Å².